The van der Waals surface area contributed by atoms with E-state index in [1.165, 1.54) is 13.5 Å². The third-order valence-electron chi connectivity index (χ3n) is 11.0. The molecule has 10 heteroatoms. The first kappa shape index (κ1) is 37.8. The van der Waals surface area contributed by atoms with Crippen LogP contribution in [0.2, 0.25) is 0 Å². The van der Waals surface area contributed by atoms with E-state index >= 15 is 0 Å². The average molecular weight is 746 g/mol. The van der Waals surface area contributed by atoms with E-state index < -0.39 is 29.2 Å². The zero-order valence-electron chi connectivity index (χ0n) is 31.9. The summed E-state index contributed by atoms with van der Waals surface area (Å²) in [6.45, 7) is 10.4. The van der Waals surface area contributed by atoms with Gasteiger partial charge < -0.3 is 33.7 Å². The van der Waals surface area contributed by atoms with E-state index in [1.807, 2.05) is 66.7 Å². The van der Waals surface area contributed by atoms with Gasteiger partial charge >= 0.3 is 0 Å². The lowest BCUT2D eigenvalue weighted by molar-refractivity contribution is -0.0607. The molecule has 3 aliphatic carbocycles. The van der Waals surface area contributed by atoms with Crippen LogP contribution in [0.3, 0.4) is 0 Å². The number of Topliss-reactive ketones (excluding diaryl/α,β-unsaturated/α-hetero) is 2. The first-order valence-electron chi connectivity index (χ1n) is 18.7. The quantitative estimate of drug-likeness (QED) is 0.0998. The second kappa shape index (κ2) is 15.4. The molecule has 0 radical (unpaired) electrons. The topological polar surface area (TPSA) is 138 Å². The van der Waals surface area contributed by atoms with Crippen LogP contribution in [0.5, 0.6) is 23.1 Å². The van der Waals surface area contributed by atoms with Crippen molar-refractivity contribution in [1.29, 1.82) is 0 Å². The number of aromatic hydroxyl groups is 1. The lowest BCUT2D eigenvalue weighted by Crippen LogP contribution is -2.60. The summed E-state index contributed by atoms with van der Waals surface area (Å²) in [5.41, 5.74) is 1.03. The van der Waals surface area contributed by atoms with Crippen LogP contribution < -0.4 is 14.2 Å². The summed E-state index contributed by atoms with van der Waals surface area (Å²) in [6.07, 6.45) is 3.97. The maximum absolute atomic E-state index is 14.7. The number of carbonyl (C=O) groups is 2. The van der Waals surface area contributed by atoms with Crippen molar-refractivity contribution >= 4 is 22.3 Å². The molecule has 10 nitrogen and oxygen atoms in total. The van der Waals surface area contributed by atoms with Crippen LogP contribution in [0, 0.1) is 11.8 Å². The Morgan fingerprint density at radius 2 is 1.55 bits per heavy atom. The molecule has 0 saturated heterocycles. The van der Waals surface area contributed by atoms with Crippen molar-refractivity contribution in [1.82, 2.24) is 5.16 Å². The van der Waals surface area contributed by atoms with Crippen molar-refractivity contribution in [2.75, 3.05) is 14.2 Å². The number of carbonyl (C=O) groups excluding carboxylic acids is 2. The van der Waals surface area contributed by atoms with E-state index in [2.05, 4.69) is 32.5 Å². The molecule has 5 aromatic rings. The Bertz CT molecular complexity index is 2240. The third kappa shape index (κ3) is 6.47. The van der Waals surface area contributed by atoms with Crippen molar-refractivity contribution in [3.05, 3.63) is 124 Å². The van der Waals surface area contributed by atoms with Crippen molar-refractivity contribution in [3.63, 3.8) is 0 Å². The number of fused-ring (bicyclic) bond motifs is 4. The summed E-state index contributed by atoms with van der Waals surface area (Å²) in [5.74, 6) is -1.45. The number of nitrogens with zero attached hydrogens (tertiary/aromatic N) is 1. The molecule has 0 amide bonds. The van der Waals surface area contributed by atoms with Gasteiger partial charge in [-0.2, -0.15) is 0 Å². The number of benzene rings is 4. The number of hydrogen-bond acceptors (Lipinski definition) is 10. The summed E-state index contributed by atoms with van der Waals surface area (Å²) in [4.78, 5) is 29.0. The van der Waals surface area contributed by atoms with Gasteiger partial charge in [0.25, 0.3) is 5.88 Å². The van der Waals surface area contributed by atoms with E-state index in [4.69, 9.17) is 23.5 Å². The molecule has 1 heterocycles. The molecule has 0 aliphatic heterocycles. The zero-order valence-corrected chi connectivity index (χ0v) is 31.9. The van der Waals surface area contributed by atoms with Gasteiger partial charge in [-0.05, 0) is 63.9 Å². The standard InChI is InChI=1S/C38H33NO9.C7H14/c1-19-14-22-28-27(19)24(44-2)16-25(46-17-20-10-6-4-7-11-20)30(28)33(40)32-29(22)34(45-3)23-15-26-31(35(41)38(23,43)36(32)42)37(39-48-26)47-18-21-12-8-5-9-13-21;1-4-5-6-7(2)3/h4-13,16,19,23,34,40,43H,14-15,17-18H2,1-3H3;4,7H,1,5-6H2,2-3H3. The zero-order chi connectivity index (χ0) is 39.0. The number of hydrogen-bond donors (Lipinski definition) is 2. The molecule has 0 saturated carbocycles. The van der Waals surface area contributed by atoms with Crippen LogP contribution >= 0.6 is 0 Å². The molecular weight excluding hydrogens is 698 g/mol. The molecule has 8 rings (SSSR count). The van der Waals surface area contributed by atoms with Gasteiger partial charge in [0, 0.05) is 31.1 Å². The van der Waals surface area contributed by atoms with E-state index in [9.17, 15) is 19.8 Å². The summed E-state index contributed by atoms with van der Waals surface area (Å²) < 4.78 is 29.6. The average Bonchev–Trinajstić information content (AvgIpc) is 3.77. The summed E-state index contributed by atoms with van der Waals surface area (Å²) in [7, 11) is 3.05. The summed E-state index contributed by atoms with van der Waals surface area (Å²) >= 11 is 0. The van der Waals surface area contributed by atoms with Crippen LogP contribution in [0.1, 0.15) is 99.9 Å². The molecular formula is C45H47NO9. The van der Waals surface area contributed by atoms with E-state index in [0.29, 0.717) is 28.9 Å². The summed E-state index contributed by atoms with van der Waals surface area (Å²) in [5, 5.41) is 29.5. The Kier molecular flexibility index (Phi) is 10.6. The highest BCUT2D eigenvalue weighted by molar-refractivity contribution is 6.27. The van der Waals surface area contributed by atoms with Crippen molar-refractivity contribution in [3.8, 4) is 23.1 Å². The highest BCUT2D eigenvalue weighted by atomic mass is 16.5. The van der Waals surface area contributed by atoms with Gasteiger partial charge in [0.1, 0.15) is 36.0 Å². The normalized spacial score (nSPS) is 20.7. The number of ether oxygens (including phenoxy) is 4. The molecule has 286 valence electrons. The number of allylic oxidation sites excluding steroid dienone is 1. The number of phenols is 1. The third-order valence-corrected chi connectivity index (χ3v) is 11.0. The van der Waals surface area contributed by atoms with E-state index in [-0.39, 0.29) is 54.1 Å². The molecule has 4 aromatic carbocycles. The first-order valence-corrected chi connectivity index (χ1v) is 18.7. The molecule has 3 aliphatic rings. The number of ketones is 2. The second-order valence-electron chi connectivity index (χ2n) is 14.9. The predicted molar refractivity (Wildman–Crippen MR) is 207 cm³/mol. The first-order chi connectivity index (χ1) is 26.5. The van der Waals surface area contributed by atoms with Crippen LogP contribution in [0.4, 0.5) is 0 Å². The Balaban J connectivity index is 0.000000609. The van der Waals surface area contributed by atoms with Gasteiger partial charge in [0.05, 0.1) is 24.2 Å². The van der Waals surface area contributed by atoms with Crippen molar-refractivity contribution in [2.24, 2.45) is 11.8 Å². The SMILES string of the molecule is C=CCCC(C)C.COc1cc(OCc2ccccc2)c2c(O)c3c(c4c2c1C(C)C4)C(OC)C1Cc2onc(OCc4ccccc4)c2C(=O)C1(O)C3=O. The van der Waals surface area contributed by atoms with Crippen molar-refractivity contribution in [2.45, 2.75) is 77.3 Å². The molecule has 0 spiro atoms. The maximum atomic E-state index is 14.7. The molecule has 4 atom stereocenters. The number of aliphatic hydroxyl groups is 1. The van der Waals surface area contributed by atoms with Crippen LogP contribution in [0.15, 0.2) is 83.9 Å². The number of rotatable bonds is 11. The van der Waals surface area contributed by atoms with Gasteiger partial charge in [-0.3, -0.25) is 9.59 Å². The Morgan fingerprint density at radius 3 is 2.13 bits per heavy atom. The number of aromatic nitrogens is 1. The second-order valence-corrected chi connectivity index (χ2v) is 14.9. The van der Waals surface area contributed by atoms with Gasteiger partial charge in [-0.15, -0.1) is 6.58 Å². The molecule has 2 N–H and O–H groups in total. The fourth-order valence-electron chi connectivity index (χ4n) is 8.33. The number of phenolic OH excluding ortho intramolecular Hbond substituents is 1. The van der Waals surface area contributed by atoms with Crippen LogP contribution in [-0.4, -0.2) is 46.8 Å². The number of methoxy groups -OCH3 is 2. The Hall–Kier alpha value is -5.45. The predicted octanol–water partition coefficient (Wildman–Crippen LogP) is 8.64. The van der Waals surface area contributed by atoms with Crippen LogP contribution in [-0.2, 0) is 30.8 Å². The van der Waals surface area contributed by atoms with Gasteiger partial charge in [0.15, 0.2) is 11.4 Å². The maximum Gasteiger partial charge on any atom is 0.265 e. The highest BCUT2D eigenvalue weighted by Gasteiger charge is 2.64. The Morgan fingerprint density at radius 1 is 0.909 bits per heavy atom. The fraction of sp³-hybridized carbons (Fsp3) is 0.356. The molecule has 0 bridgehead atoms. The van der Waals surface area contributed by atoms with Crippen molar-refractivity contribution < 1.29 is 43.3 Å². The minimum absolute atomic E-state index is 0.0207. The molecule has 1 aromatic heterocycles. The van der Waals surface area contributed by atoms with Gasteiger partial charge in [0.2, 0.25) is 11.6 Å². The Labute approximate surface area is 320 Å². The lowest BCUT2D eigenvalue weighted by atomic mass is 9.61. The minimum Gasteiger partial charge on any atom is -0.506 e. The van der Waals surface area contributed by atoms with Crippen LogP contribution in [0.25, 0.3) is 10.8 Å². The lowest BCUT2D eigenvalue weighted by Gasteiger charge is -2.45. The molecule has 4 unspecified atom stereocenters. The smallest absolute Gasteiger partial charge is 0.265 e. The molecule has 55 heavy (non-hydrogen) atoms. The highest BCUT2D eigenvalue weighted by Crippen LogP contribution is 2.59. The van der Waals surface area contributed by atoms with Gasteiger partial charge in [-0.1, -0.05) is 87.5 Å². The monoisotopic (exact) mass is 745 g/mol. The summed E-state index contributed by atoms with van der Waals surface area (Å²) in [6, 6.07) is 20.6. The fourth-order valence-corrected chi connectivity index (χ4v) is 8.33. The van der Waals surface area contributed by atoms with E-state index in [0.717, 1.165) is 40.0 Å². The molecule has 0 fully saturated rings. The van der Waals surface area contributed by atoms with E-state index in [1.54, 1.807) is 13.2 Å². The largest absolute Gasteiger partial charge is 0.506 e. The van der Waals surface area contributed by atoms with Gasteiger partial charge in [-0.25, -0.2) is 0 Å². The minimum atomic E-state index is -2.58.